The molecular weight excluding hydrogens is 546 g/mol. The number of carbonyl (C=O) groups is 2. The van der Waals surface area contributed by atoms with E-state index in [2.05, 4.69) is 21.2 Å². The number of ketones is 1. The fraction of sp³-hybridized carbons (Fsp3) is 0.226. The molecule has 5 rings (SSSR count). The smallest absolute Gasteiger partial charge is 0.336 e. The number of carbonyl (C=O) groups excluding carboxylic acids is 2. The minimum Gasteiger partial charge on any atom is -0.490 e. The molecule has 7 heteroatoms. The summed E-state index contributed by atoms with van der Waals surface area (Å²) in [5.74, 6) is -0.0418. The predicted octanol–water partition coefficient (Wildman–Crippen LogP) is 6.56. The number of esters is 1. The zero-order chi connectivity index (χ0) is 26.8. The first-order valence-electron chi connectivity index (χ1n) is 12.6. The summed E-state index contributed by atoms with van der Waals surface area (Å²) in [6, 6.07) is 21.0. The van der Waals surface area contributed by atoms with Crippen molar-refractivity contribution in [3.63, 3.8) is 0 Å². The van der Waals surface area contributed by atoms with Crippen LogP contribution in [-0.4, -0.2) is 25.0 Å². The van der Waals surface area contributed by atoms with E-state index in [-0.39, 0.29) is 12.4 Å². The number of halogens is 1. The Kier molecular flexibility index (Phi) is 7.38. The molecule has 1 aliphatic carbocycles. The van der Waals surface area contributed by atoms with Crippen molar-refractivity contribution in [2.75, 3.05) is 13.2 Å². The van der Waals surface area contributed by atoms with Gasteiger partial charge in [-0.05, 0) is 56.2 Å². The highest BCUT2D eigenvalue weighted by molar-refractivity contribution is 9.10. The second-order valence-electron chi connectivity index (χ2n) is 9.03. The largest absolute Gasteiger partial charge is 0.490 e. The molecule has 3 aromatic carbocycles. The minimum atomic E-state index is -0.620. The molecule has 0 saturated carbocycles. The molecule has 1 aliphatic heterocycles. The summed E-state index contributed by atoms with van der Waals surface area (Å²) < 4.78 is 18.5. The molecule has 38 heavy (non-hydrogen) atoms. The van der Waals surface area contributed by atoms with Gasteiger partial charge in [-0.1, -0.05) is 58.4 Å². The van der Waals surface area contributed by atoms with Crippen molar-refractivity contribution in [1.29, 1.82) is 0 Å². The van der Waals surface area contributed by atoms with Gasteiger partial charge in [-0.15, -0.1) is 0 Å². The lowest BCUT2D eigenvalue weighted by molar-refractivity contribution is -0.138. The Bertz CT molecular complexity index is 1470. The Morgan fingerprint density at radius 1 is 0.921 bits per heavy atom. The first-order chi connectivity index (χ1) is 18.4. The van der Waals surface area contributed by atoms with E-state index in [1.54, 1.807) is 6.92 Å². The number of hydrogen-bond donors (Lipinski definition) is 1. The Labute approximate surface area is 230 Å². The van der Waals surface area contributed by atoms with Crippen molar-refractivity contribution in [2.24, 2.45) is 0 Å². The summed E-state index contributed by atoms with van der Waals surface area (Å²) in [5, 5.41) is 3.33. The lowest BCUT2D eigenvalue weighted by Gasteiger charge is -2.29. The SMILES string of the molecule is CCOC(=O)C1=C(C)NC2=C(C(=O)c3ccccc32)[C@@H]1c1ccc(OCc2ccc(Br)cc2)c(OCC)c1. The fourth-order valence-electron chi connectivity index (χ4n) is 4.98. The fourth-order valence-corrected chi connectivity index (χ4v) is 5.24. The molecule has 6 nitrogen and oxygen atoms in total. The summed E-state index contributed by atoms with van der Waals surface area (Å²) >= 11 is 3.45. The van der Waals surface area contributed by atoms with Crippen LogP contribution in [0.5, 0.6) is 11.5 Å². The monoisotopic (exact) mass is 573 g/mol. The van der Waals surface area contributed by atoms with Crippen LogP contribution < -0.4 is 14.8 Å². The van der Waals surface area contributed by atoms with Gasteiger partial charge in [-0.3, -0.25) is 4.79 Å². The maximum Gasteiger partial charge on any atom is 0.336 e. The molecule has 1 N–H and O–H groups in total. The average molecular weight is 574 g/mol. The van der Waals surface area contributed by atoms with Gasteiger partial charge in [-0.25, -0.2) is 4.79 Å². The van der Waals surface area contributed by atoms with Crippen molar-refractivity contribution in [2.45, 2.75) is 33.3 Å². The lowest BCUT2D eigenvalue weighted by atomic mass is 9.79. The number of ether oxygens (including phenoxy) is 3. The normalized spacial score (nSPS) is 16.1. The number of nitrogens with one attached hydrogen (secondary N) is 1. The second-order valence-corrected chi connectivity index (χ2v) is 9.95. The summed E-state index contributed by atoms with van der Waals surface area (Å²) in [5.41, 5.74) is 5.56. The van der Waals surface area contributed by atoms with Gasteiger partial charge in [0.15, 0.2) is 17.3 Å². The zero-order valence-corrected chi connectivity index (χ0v) is 23.1. The molecular formula is C31H28BrNO5. The topological polar surface area (TPSA) is 73.9 Å². The van der Waals surface area contributed by atoms with Crippen LogP contribution in [0.1, 0.15) is 53.7 Å². The first kappa shape index (κ1) is 25.8. The number of hydrogen-bond acceptors (Lipinski definition) is 6. The van der Waals surface area contributed by atoms with E-state index >= 15 is 0 Å². The van der Waals surface area contributed by atoms with Gasteiger partial charge < -0.3 is 19.5 Å². The number of allylic oxidation sites excluding steroid dienone is 2. The molecule has 0 spiro atoms. The van der Waals surface area contributed by atoms with E-state index in [9.17, 15) is 9.59 Å². The van der Waals surface area contributed by atoms with Gasteiger partial charge >= 0.3 is 5.97 Å². The van der Waals surface area contributed by atoms with Crippen LogP contribution in [0.2, 0.25) is 0 Å². The van der Waals surface area contributed by atoms with E-state index in [0.717, 1.165) is 26.9 Å². The van der Waals surface area contributed by atoms with Crippen LogP contribution in [0, 0.1) is 0 Å². The molecule has 0 aromatic heterocycles. The molecule has 194 valence electrons. The third-order valence-electron chi connectivity index (χ3n) is 6.65. The van der Waals surface area contributed by atoms with Crippen molar-refractivity contribution < 1.29 is 23.8 Å². The third kappa shape index (κ3) is 4.74. The van der Waals surface area contributed by atoms with Crippen LogP contribution in [0.4, 0.5) is 0 Å². The molecule has 2 aliphatic rings. The average Bonchev–Trinajstić information content (AvgIpc) is 3.19. The molecule has 0 amide bonds. The van der Waals surface area contributed by atoms with Crippen LogP contribution in [0.3, 0.4) is 0 Å². The van der Waals surface area contributed by atoms with Crippen LogP contribution >= 0.6 is 15.9 Å². The molecule has 1 heterocycles. The molecule has 0 unspecified atom stereocenters. The Morgan fingerprint density at radius 3 is 2.37 bits per heavy atom. The number of fused-ring (bicyclic) bond motifs is 2. The van der Waals surface area contributed by atoms with E-state index in [0.29, 0.717) is 47.1 Å². The van der Waals surface area contributed by atoms with Gasteiger partial charge in [0, 0.05) is 32.8 Å². The maximum absolute atomic E-state index is 13.7. The van der Waals surface area contributed by atoms with E-state index in [4.69, 9.17) is 14.2 Å². The van der Waals surface area contributed by atoms with Gasteiger partial charge in [-0.2, -0.15) is 0 Å². The Morgan fingerprint density at radius 2 is 1.66 bits per heavy atom. The lowest BCUT2D eigenvalue weighted by Crippen LogP contribution is -2.29. The maximum atomic E-state index is 13.7. The van der Waals surface area contributed by atoms with Crippen LogP contribution in [-0.2, 0) is 16.1 Å². The minimum absolute atomic E-state index is 0.101. The number of benzene rings is 3. The summed E-state index contributed by atoms with van der Waals surface area (Å²) in [6.07, 6.45) is 0. The zero-order valence-electron chi connectivity index (χ0n) is 21.5. The van der Waals surface area contributed by atoms with Crippen molar-refractivity contribution >= 4 is 33.4 Å². The number of rotatable bonds is 8. The van der Waals surface area contributed by atoms with Crippen molar-refractivity contribution in [3.8, 4) is 11.5 Å². The van der Waals surface area contributed by atoms with Crippen molar-refractivity contribution in [3.05, 3.63) is 110 Å². The van der Waals surface area contributed by atoms with Gasteiger partial charge in [0.25, 0.3) is 0 Å². The molecule has 1 atom stereocenters. The Balaban J connectivity index is 1.57. The van der Waals surface area contributed by atoms with Crippen molar-refractivity contribution in [1.82, 2.24) is 5.32 Å². The first-order valence-corrected chi connectivity index (χ1v) is 13.4. The summed E-state index contributed by atoms with van der Waals surface area (Å²) in [6.45, 7) is 6.55. The molecule has 0 bridgehead atoms. The van der Waals surface area contributed by atoms with Gasteiger partial charge in [0.2, 0.25) is 0 Å². The molecule has 0 fully saturated rings. The summed E-state index contributed by atoms with van der Waals surface area (Å²) in [7, 11) is 0. The standard InChI is InChI=1S/C31H28BrNO5/c1-4-36-25-16-20(12-15-24(25)38-17-19-10-13-21(32)14-11-19)27-26(31(35)37-5-2)18(3)33-29-22-8-6-7-9-23(22)30(34)28(27)29/h6-16,27,33H,4-5,17H2,1-3H3/t27-/m1/s1. The molecule has 0 radical (unpaired) electrons. The summed E-state index contributed by atoms with van der Waals surface area (Å²) in [4.78, 5) is 26.9. The van der Waals surface area contributed by atoms with E-state index in [1.807, 2.05) is 80.6 Å². The highest BCUT2D eigenvalue weighted by Gasteiger charge is 2.43. The van der Waals surface area contributed by atoms with Crippen LogP contribution in [0.25, 0.3) is 5.70 Å². The van der Waals surface area contributed by atoms with Gasteiger partial charge in [0.05, 0.1) is 24.5 Å². The number of dihydropyridines is 1. The van der Waals surface area contributed by atoms with Gasteiger partial charge in [0.1, 0.15) is 6.61 Å². The second kappa shape index (κ2) is 10.9. The quantitative estimate of drug-likeness (QED) is 0.308. The predicted molar refractivity (Wildman–Crippen MR) is 149 cm³/mol. The number of Topliss-reactive ketones (excluding diaryl/α,β-unsaturated/α-hetero) is 1. The third-order valence-corrected chi connectivity index (χ3v) is 7.18. The van der Waals surface area contributed by atoms with Crippen LogP contribution in [0.15, 0.2) is 88.0 Å². The molecule has 3 aromatic rings. The van der Waals surface area contributed by atoms with E-state index < -0.39 is 11.9 Å². The highest BCUT2D eigenvalue weighted by Crippen LogP contribution is 2.48. The van der Waals surface area contributed by atoms with E-state index in [1.165, 1.54) is 0 Å². The molecule has 0 saturated heterocycles. The Hall–Kier alpha value is -3.84. The highest BCUT2D eigenvalue weighted by atomic mass is 79.9.